The summed E-state index contributed by atoms with van der Waals surface area (Å²) in [7, 11) is 1.69. The van der Waals surface area contributed by atoms with Crippen LogP contribution in [0.15, 0.2) is 0 Å². The van der Waals surface area contributed by atoms with Gasteiger partial charge in [0.05, 0.1) is 12.0 Å². The smallest absolute Gasteiger partial charge is 0.145 e. The Morgan fingerprint density at radius 3 is 2.57 bits per heavy atom. The van der Waals surface area contributed by atoms with Crippen molar-refractivity contribution in [1.29, 1.82) is 0 Å². The van der Waals surface area contributed by atoms with E-state index in [1.807, 2.05) is 20.8 Å². The first-order valence-corrected chi connectivity index (χ1v) is 5.24. The Bertz CT molecular complexity index is 208. The highest BCUT2D eigenvalue weighted by Gasteiger charge is 2.36. The summed E-state index contributed by atoms with van der Waals surface area (Å²) in [6.07, 6.45) is 1.03. The second kappa shape index (κ2) is 4.41. The number of methoxy groups -OCH3 is 1. The molecule has 82 valence electrons. The number of piperidine rings is 1. The molecule has 1 heterocycles. The van der Waals surface area contributed by atoms with Gasteiger partial charge in [0, 0.05) is 19.1 Å². The largest absolute Gasteiger partial charge is 0.381 e. The molecule has 1 fully saturated rings. The molecule has 0 aliphatic carbocycles. The Balaban J connectivity index is 2.69. The molecule has 2 atom stereocenters. The van der Waals surface area contributed by atoms with E-state index < -0.39 is 0 Å². The van der Waals surface area contributed by atoms with Crippen molar-refractivity contribution in [3.63, 3.8) is 0 Å². The number of hydrogen-bond donors (Lipinski definition) is 1. The highest BCUT2D eigenvalue weighted by molar-refractivity contribution is 5.86. The molecule has 0 aromatic heterocycles. The lowest BCUT2D eigenvalue weighted by molar-refractivity contribution is -0.136. The zero-order chi connectivity index (χ0) is 10.8. The van der Waals surface area contributed by atoms with Gasteiger partial charge in [-0.15, -0.1) is 0 Å². The second-order valence-electron chi connectivity index (χ2n) is 4.99. The molecule has 2 unspecified atom stereocenters. The van der Waals surface area contributed by atoms with E-state index in [9.17, 15) is 4.79 Å². The molecular formula is C11H21NO2. The summed E-state index contributed by atoms with van der Waals surface area (Å²) in [5, 5.41) is 3.25. The fraction of sp³-hybridized carbons (Fsp3) is 0.909. The van der Waals surface area contributed by atoms with Gasteiger partial charge in [-0.2, -0.15) is 0 Å². The summed E-state index contributed by atoms with van der Waals surface area (Å²) in [6.45, 7) is 7.62. The molecule has 0 radical (unpaired) electrons. The normalized spacial score (nSPS) is 28.9. The van der Waals surface area contributed by atoms with Crippen molar-refractivity contribution in [2.24, 2.45) is 11.3 Å². The molecule has 0 bridgehead atoms. The standard InChI is InChI=1S/C11H21NO2/c1-11(2,3)10(13)8-7-12-6-5-9(8)14-4/h8-9,12H,5-7H2,1-4H3. The van der Waals surface area contributed by atoms with E-state index in [2.05, 4.69) is 5.32 Å². The van der Waals surface area contributed by atoms with Crippen molar-refractivity contribution in [3.05, 3.63) is 0 Å². The fourth-order valence-electron chi connectivity index (χ4n) is 1.93. The molecule has 1 rings (SSSR count). The van der Waals surface area contributed by atoms with Crippen molar-refractivity contribution >= 4 is 5.78 Å². The summed E-state index contributed by atoms with van der Waals surface area (Å²) < 4.78 is 5.36. The van der Waals surface area contributed by atoms with Crippen LogP contribution in [0.25, 0.3) is 0 Å². The highest BCUT2D eigenvalue weighted by Crippen LogP contribution is 2.25. The number of ether oxygens (including phenoxy) is 1. The Hall–Kier alpha value is -0.410. The number of carbonyl (C=O) groups excluding carboxylic acids is 1. The first-order valence-electron chi connectivity index (χ1n) is 5.24. The van der Waals surface area contributed by atoms with Crippen LogP contribution in [0.3, 0.4) is 0 Å². The van der Waals surface area contributed by atoms with Crippen LogP contribution in [0, 0.1) is 11.3 Å². The van der Waals surface area contributed by atoms with Crippen LogP contribution in [-0.4, -0.2) is 32.1 Å². The van der Waals surface area contributed by atoms with E-state index in [-0.39, 0.29) is 17.4 Å². The summed E-state index contributed by atoms with van der Waals surface area (Å²) >= 11 is 0. The molecule has 0 aromatic carbocycles. The monoisotopic (exact) mass is 199 g/mol. The van der Waals surface area contributed by atoms with E-state index in [1.165, 1.54) is 0 Å². The third kappa shape index (κ3) is 2.55. The van der Waals surface area contributed by atoms with Crippen LogP contribution in [0.4, 0.5) is 0 Å². The number of rotatable bonds is 2. The number of carbonyl (C=O) groups is 1. The van der Waals surface area contributed by atoms with E-state index in [0.717, 1.165) is 19.5 Å². The van der Waals surface area contributed by atoms with Gasteiger partial charge in [-0.1, -0.05) is 20.8 Å². The van der Waals surface area contributed by atoms with E-state index in [1.54, 1.807) is 7.11 Å². The van der Waals surface area contributed by atoms with Gasteiger partial charge in [-0.25, -0.2) is 0 Å². The highest BCUT2D eigenvalue weighted by atomic mass is 16.5. The van der Waals surface area contributed by atoms with E-state index in [4.69, 9.17) is 4.74 Å². The van der Waals surface area contributed by atoms with Gasteiger partial charge in [-0.3, -0.25) is 4.79 Å². The molecule has 0 aromatic rings. The van der Waals surface area contributed by atoms with Crippen LogP contribution < -0.4 is 5.32 Å². The van der Waals surface area contributed by atoms with Crippen molar-refractivity contribution in [3.8, 4) is 0 Å². The van der Waals surface area contributed by atoms with Crippen LogP contribution >= 0.6 is 0 Å². The fourth-order valence-corrected chi connectivity index (χ4v) is 1.93. The Kier molecular flexibility index (Phi) is 3.67. The maximum absolute atomic E-state index is 12.1. The molecule has 0 saturated carbocycles. The maximum Gasteiger partial charge on any atom is 0.145 e. The molecule has 1 N–H and O–H groups in total. The molecule has 0 amide bonds. The SMILES string of the molecule is COC1CCNCC1C(=O)C(C)(C)C. The predicted molar refractivity (Wildman–Crippen MR) is 56.2 cm³/mol. The van der Waals surface area contributed by atoms with Crippen LogP contribution in [0.2, 0.25) is 0 Å². The van der Waals surface area contributed by atoms with Crippen LogP contribution in [0.1, 0.15) is 27.2 Å². The second-order valence-corrected chi connectivity index (χ2v) is 4.99. The van der Waals surface area contributed by atoms with E-state index in [0.29, 0.717) is 5.78 Å². The molecule has 0 spiro atoms. The summed E-state index contributed by atoms with van der Waals surface area (Å²) in [4.78, 5) is 12.1. The lowest BCUT2D eigenvalue weighted by Crippen LogP contribution is -2.48. The van der Waals surface area contributed by atoms with Gasteiger partial charge in [0.2, 0.25) is 0 Å². The van der Waals surface area contributed by atoms with Gasteiger partial charge < -0.3 is 10.1 Å². The average Bonchev–Trinajstić information content (AvgIpc) is 2.15. The number of nitrogens with one attached hydrogen (secondary N) is 1. The first-order chi connectivity index (χ1) is 6.46. The maximum atomic E-state index is 12.1. The van der Waals surface area contributed by atoms with Gasteiger partial charge in [0.1, 0.15) is 5.78 Å². The van der Waals surface area contributed by atoms with Crippen molar-refractivity contribution in [1.82, 2.24) is 5.32 Å². The van der Waals surface area contributed by atoms with Crippen LogP contribution in [-0.2, 0) is 9.53 Å². The quantitative estimate of drug-likeness (QED) is 0.727. The van der Waals surface area contributed by atoms with Crippen molar-refractivity contribution < 1.29 is 9.53 Å². The van der Waals surface area contributed by atoms with Crippen LogP contribution in [0.5, 0.6) is 0 Å². The van der Waals surface area contributed by atoms with Gasteiger partial charge >= 0.3 is 0 Å². The minimum absolute atomic E-state index is 0.0220. The van der Waals surface area contributed by atoms with Gasteiger partial charge in [0.25, 0.3) is 0 Å². The van der Waals surface area contributed by atoms with Crippen molar-refractivity contribution in [2.45, 2.75) is 33.3 Å². The molecular weight excluding hydrogens is 178 g/mol. The molecule has 1 saturated heterocycles. The van der Waals surface area contributed by atoms with Crippen molar-refractivity contribution in [2.75, 3.05) is 20.2 Å². The zero-order valence-electron chi connectivity index (χ0n) is 9.59. The van der Waals surface area contributed by atoms with Gasteiger partial charge in [-0.05, 0) is 13.0 Å². The molecule has 1 aliphatic rings. The Morgan fingerprint density at radius 1 is 1.43 bits per heavy atom. The third-order valence-corrected chi connectivity index (χ3v) is 2.80. The lowest BCUT2D eigenvalue weighted by Gasteiger charge is -2.33. The number of ketones is 1. The molecule has 3 heteroatoms. The molecule has 14 heavy (non-hydrogen) atoms. The molecule has 3 nitrogen and oxygen atoms in total. The third-order valence-electron chi connectivity index (χ3n) is 2.80. The Morgan fingerprint density at radius 2 is 2.07 bits per heavy atom. The van der Waals surface area contributed by atoms with Gasteiger partial charge in [0.15, 0.2) is 0 Å². The summed E-state index contributed by atoms with van der Waals surface area (Å²) in [6, 6.07) is 0. The zero-order valence-corrected chi connectivity index (χ0v) is 9.59. The average molecular weight is 199 g/mol. The predicted octanol–water partition coefficient (Wildman–Crippen LogP) is 1.23. The minimum Gasteiger partial charge on any atom is -0.381 e. The first kappa shape index (κ1) is 11.7. The minimum atomic E-state index is -0.263. The topological polar surface area (TPSA) is 38.3 Å². The lowest BCUT2D eigenvalue weighted by atomic mass is 9.78. The molecule has 1 aliphatic heterocycles. The Labute approximate surface area is 86.2 Å². The summed E-state index contributed by atoms with van der Waals surface area (Å²) in [5.41, 5.74) is -0.263. The number of hydrogen-bond acceptors (Lipinski definition) is 3. The van der Waals surface area contributed by atoms with E-state index >= 15 is 0 Å². The number of Topliss-reactive ketones (excluding diaryl/α,β-unsaturated/α-hetero) is 1. The summed E-state index contributed by atoms with van der Waals surface area (Å²) in [5.74, 6) is 0.324.